The van der Waals surface area contributed by atoms with Crippen molar-refractivity contribution in [1.82, 2.24) is 15.1 Å². The summed E-state index contributed by atoms with van der Waals surface area (Å²) in [4.78, 5) is 5.09. The zero-order valence-corrected chi connectivity index (χ0v) is 13.7. The molecule has 2 saturated heterocycles. The van der Waals surface area contributed by atoms with E-state index in [9.17, 15) is 0 Å². The van der Waals surface area contributed by atoms with Gasteiger partial charge in [0.25, 0.3) is 0 Å². The molecule has 0 radical (unpaired) electrons. The molecule has 2 rings (SSSR count). The van der Waals surface area contributed by atoms with E-state index in [1.807, 2.05) is 0 Å². The van der Waals surface area contributed by atoms with Crippen molar-refractivity contribution >= 4 is 0 Å². The number of nitrogens with one attached hydrogen (secondary N) is 1. The van der Waals surface area contributed by atoms with Gasteiger partial charge in [0, 0.05) is 32.3 Å². The van der Waals surface area contributed by atoms with Gasteiger partial charge < -0.3 is 19.9 Å². The molecule has 20 heavy (non-hydrogen) atoms. The predicted octanol–water partition coefficient (Wildman–Crippen LogP) is 1.42. The van der Waals surface area contributed by atoms with E-state index < -0.39 is 0 Å². The number of nitrogens with zero attached hydrogens (tertiary/aromatic N) is 2. The number of piperidine rings is 1. The predicted molar refractivity (Wildman–Crippen MR) is 84.2 cm³/mol. The lowest BCUT2D eigenvalue weighted by Crippen LogP contribution is -2.50. The second-order valence-corrected chi connectivity index (χ2v) is 6.86. The summed E-state index contributed by atoms with van der Waals surface area (Å²) in [5.74, 6) is 0. The molecule has 2 fully saturated rings. The maximum absolute atomic E-state index is 5.59. The Bertz CT molecular complexity index is 269. The highest BCUT2D eigenvalue weighted by Gasteiger charge is 2.35. The summed E-state index contributed by atoms with van der Waals surface area (Å²) in [6.45, 7) is 10.1. The lowest BCUT2D eigenvalue weighted by molar-refractivity contribution is -0.0105. The van der Waals surface area contributed by atoms with Crippen LogP contribution in [0.25, 0.3) is 0 Å². The highest BCUT2D eigenvalue weighted by molar-refractivity contribution is 4.89. The topological polar surface area (TPSA) is 27.7 Å². The zero-order chi connectivity index (χ0) is 14.4. The van der Waals surface area contributed by atoms with Crippen LogP contribution in [0.1, 0.15) is 32.6 Å². The SMILES string of the molecule is CCNCC1(CN2CCC(N(C)C)CC2)CCOCC1. The van der Waals surface area contributed by atoms with Gasteiger partial charge in [-0.05, 0) is 64.8 Å². The highest BCUT2D eigenvalue weighted by atomic mass is 16.5. The van der Waals surface area contributed by atoms with Gasteiger partial charge >= 0.3 is 0 Å². The number of ether oxygens (including phenoxy) is 1. The number of likely N-dealkylation sites (tertiary alicyclic amines) is 1. The highest BCUT2D eigenvalue weighted by Crippen LogP contribution is 2.32. The Morgan fingerprint density at radius 1 is 1.20 bits per heavy atom. The third-order valence-electron chi connectivity index (χ3n) is 5.15. The Morgan fingerprint density at radius 2 is 1.85 bits per heavy atom. The normalized spacial score (nSPS) is 25.2. The van der Waals surface area contributed by atoms with E-state index in [-0.39, 0.29) is 0 Å². The lowest BCUT2D eigenvalue weighted by Gasteiger charge is -2.44. The summed E-state index contributed by atoms with van der Waals surface area (Å²) < 4.78 is 5.59. The Morgan fingerprint density at radius 3 is 2.40 bits per heavy atom. The molecule has 0 unspecified atom stereocenters. The molecule has 0 aromatic carbocycles. The van der Waals surface area contributed by atoms with Crippen molar-refractivity contribution in [2.45, 2.75) is 38.6 Å². The van der Waals surface area contributed by atoms with E-state index in [1.54, 1.807) is 0 Å². The molecule has 0 aromatic heterocycles. The fraction of sp³-hybridized carbons (Fsp3) is 1.00. The van der Waals surface area contributed by atoms with Crippen LogP contribution in [-0.2, 0) is 4.74 Å². The van der Waals surface area contributed by atoms with Crippen molar-refractivity contribution in [1.29, 1.82) is 0 Å². The fourth-order valence-corrected chi connectivity index (χ4v) is 3.65. The van der Waals surface area contributed by atoms with Crippen LogP contribution in [0, 0.1) is 5.41 Å². The molecular weight excluding hydrogens is 250 g/mol. The Balaban J connectivity index is 1.85. The first-order valence-corrected chi connectivity index (χ1v) is 8.32. The molecule has 2 aliphatic heterocycles. The molecule has 0 bridgehead atoms. The van der Waals surface area contributed by atoms with Gasteiger partial charge in [0.1, 0.15) is 0 Å². The van der Waals surface area contributed by atoms with Crippen molar-refractivity contribution < 1.29 is 4.74 Å². The van der Waals surface area contributed by atoms with Crippen LogP contribution < -0.4 is 5.32 Å². The van der Waals surface area contributed by atoms with E-state index in [1.165, 1.54) is 45.3 Å². The van der Waals surface area contributed by atoms with E-state index in [2.05, 4.69) is 36.1 Å². The summed E-state index contributed by atoms with van der Waals surface area (Å²) >= 11 is 0. The van der Waals surface area contributed by atoms with Crippen LogP contribution >= 0.6 is 0 Å². The smallest absolute Gasteiger partial charge is 0.0472 e. The van der Waals surface area contributed by atoms with Crippen molar-refractivity contribution in [2.24, 2.45) is 5.41 Å². The average Bonchev–Trinajstić information content (AvgIpc) is 2.47. The van der Waals surface area contributed by atoms with Gasteiger partial charge in [-0.15, -0.1) is 0 Å². The van der Waals surface area contributed by atoms with Crippen molar-refractivity contribution in [3.63, 3.8) is 0 Å². The number of hydrogen-bond donors (Lipinski definition) is 1. The second kappa shape index (κ2) is 7.74. The number of hydrogen-bond acceptors (Lipinski definition) is 4. The van der Waals surface area contributed by atoms with Gasteiger partial charge in [-0.2, -0.15) is 0 Å². The van der Waals surface area contributed by atoms with Crippen LogP contribution in [0.2, 0.25) is 0 Å². The molecule has 4 nitrogen and oxygen atoms in total. The van der Waals surface area contributed by atoms with Gasteiger partial charge in [0.2, 0.25) is 0 Å². The summed E-state index contributed by atoms with van der Waals surface area (Å²) in [6.07, 6.45) is 5.07. The minimum Gasteiger partial charge on any atom is -0.381 e. The summed E-state index contributed by atoms with van der Waals surface area (Å²) in [6, 6.07) is 0.783. The maximum atomic E-state index is 5.59. The Labute approximate surface area is 124 Å². The monoisotopic (exact) mass is 283 g/mol. The molecule has 118 valence electrons. The maximum Gasteiger partial charge on any atom is 0.0472 e. The van der Waals surface area contributed by atoms with Gasteiger partial charge in [0.15, 0.2) is 0 Å². The largest absolute Gasteiger partial charge is 0.381 e. The third-order valence-corrected chi connectivity index (χ3v) is 5.15. The van der Waals surface area contributed by atoms with Crippen LogP contribution in [0.4, 0.5) is 0 Å². The lowest BCUT2D eigenvalue weighted by atomic mass is 9.79. The van der Waals surface area contributed by atoms with E-state index >= 15 is 0 Å². The quantitative estimate of drug-likeness (QED) is 0.798. The van der Waals surface area contributed by atoms with Crippen LogP contribution in [0.5, 0.6) is 0 Å². The molecule has 1 N–H and O–H groups in total. The van der Waals surface area contributed by atoms with Crippen molar-refractivity contribution in [2.75, 3.05) is 60.0 Å². The van der Waals surface area contributed by atoms with Crippen molar-refractivity contribution in [3.05, 3.63) is 0 Å². The fourth-order valence-electron chi connectivity index (χ4n) is 3.65. The van der Waals surface area contributed by atoms with Gasteiger partial charge in [-0.1, -0.05) is 6.92 Å². The first kappa shape index (κ1) is 16.2. The van der Waals surface area contributed by atoms with Gasteiger partial charge in [0.05, 0.1) is 0 Å². The molecule has 0 aliphatic carbocycles. The summed E-state index contributed by atoms with van der Waals surface area (Å²) in [5.41, 5.74) is 0.444. The molecule has 2 aliphatic rings. The standard InChI is InChI=1S/C16H33N3O/c1-4-17-13-16(7-11-20-12-8-16)14-19-9-5-15(6-10-19)18(2)3/h15,17H,4-14H2,1-3H3. The minimum atomic E-state index is 0.444. The van der Waals surface area contributed by atoms with Gasteiger partial charge in [-0.3, -0.25) is 0 Å². The second-order valence-electron chi connectivity index (χ2n) is 6.86. The molecule has 4 heteroatoms. The molecular formula is C16H33N3O. The van der Waals surface area contributed by atoms with Gasteiger partial charge in [-0.25, -0.2) is 0 Å². The minimum absolute atomic E-state index is 0.444. The first-order valence-electron chi connectivity index (χ1n) is 8.32. The third kappa shape index (κ3) is 4.42. The van der Waals surface area contributed by atoms with Crippen LogP contribution in [0.15, 0.2) is 0 Å². The summed E-state index contributed by atoms with van der Waals surface area (Å²) in [5, 5.41) is 3.58. The van der Waals surface area contributed by atoms with E-state index in [4.69, 9.17) is 4.74 Å². The van der Waals surface area contributed by atoms with Crippen molar-refractivity contribution in [3.8, 4) is 0 Å². The first-order chi connectivity index (χ1) is 9.65. The Kier molecular flexibility index (Phi) is 6.27. The van der Waals surface area contributed by atoms with Crippen LogP contribution in [0.3, 0.4) is 0 Å². The molecule has 0 aromatic rings. The van der Waals surface area contributed by atoms with E-state index in [0.717, 1.165) is 32.3 Å². The van der Waals surface area contributed by atoms with E-state index in [0.29, 0.717) is 5.41 Å². The average molecular weight is 283 g/mol. The summed E-state index contributed by atoms with van der Waals surface area (Å²) in [7, 11) is 4.43. The molecule has 2 heterocycles. The molecule has 0 amide bonds. The number of rotatable bonds is 6. The molecule has 0 atom stereocenters. The molecule has 0 saturated carbocycles. The molecule has 0 spiro atoms. The Hall–Kier alpha value is -0.160. The zero-order valence-electron chi connectivity index (χ0n) is 13.7. The van der Waals surface area contributed by atoms with Crippen LogP contribution in [-0.4, -0.2) is 75.9 Å².